The first-order valence-corrected chi connectivity index (χ1v) is 11.1. The summed E-state index contributed by atoms with van der Waals surface area (Å²) in [5, 5.41) is 16.1. The van der Waals surface area contributed by atoms with Crippen LogP contribution in [0.2, 0.25) is 0 Å². The summed E-state index contributed by atoms with van der Waals surface area (Å²) in [4.78, 5) is 62.6. The zero-order chi connectivity index (χ0) is 24.7. The number of guanidine groups is 1. The molecule has 0 aliphatic carbocycles. The second kappa shape index (κ2) is 15.7. The van der Waals surface area contributed by atoms with E-state index in [0.717, 1.165) is 0 Å². The van der Waals surface area contributed by atoms with E-state index in [9.17, 15) is 24.0 Å². The number of carbonyl (C=O) groups is 5. The van der Waals surface area contributed by atoms with Gasteiger partial charge in [0.15, 0.2) is 5.96 Å². The standard InChI is InChI=1S/C17H32N8O6S/c1-32-6-4-10(15(29)25-11(16(30)31)7-12(19)26)24-13(27)8-23-14(28)9(18)3-2-5-22-17(20)21/h9-11H,2-8,18H2,1H3,(H2,19,26)(H,23,28)(H,24,27)(H,25,29)(H,30,31)(H4,20,21,22). The van der Waals surface area contributed by atoms with Crippen LogP contribution in [0.3, 0.4) is 0 Å². The number of hydrogen-bond donors (Lipinski definition) is 8. The van der Waals surface area contributed by atoms with Crippen molar-refractivity contribution in [1.29, 1.82) is 0 Å². The minimum atomic E-state index is -1.52. The molecule has 0 fully saturated rings. The van der Waals surface area contributed by atoms with E-state index in [1.54, 1.807) is 6.26 Å². The van der Waals surface area contributed by atoms with Gasteiger partial charge in [0, 0.05) is 6.54 Å². The fraction of sp³-hybridized carbons (Fsp3) is 0.647. The lowest BCUT2D eigenvalue weighted by molar-refractivity contribution is -0.143. The lowest BCUT2D eigenvalue weighted by Crippen LogP contribution is -2.54. The molecular formula is C17H32N8O6S. The summed E-state index contributed by atoms with van der Waals surface area (Å²) < 4.78 is 0. The normalized spacial score (nSPS) is 13.2. The number of amides is 4. The second-order valence-corrected chi connectivity index (χ2v) is 7.73. The molecule has 32 heavy (non-hydrogen) atoms. The van der Waals surface area contributed by atoms with Gasteiger partial charge in [-0.1, -0.05) is 0 Å². The van der Waals surface area contributed by atoms with Gasteiger partial charge in [-0.2, -0.15) is 11.8 Å². The van der Waals surface area contributed by atoms with Crippen molar-refractivity contribution >= 4 is 47.3 Å². The van der Waals surface area contributed by atoms with Crippen molar-refractivity contribution < 1.29 is 29.1 Å². The van der Waals surface area contributed by atoms with Crippen molar-refractivity contribution in [3.63, 3.8) is 0 Å². The maximum absolute atomic E-state index is 12.4. The van der Waals surface area contributed by atoms with E-state index in [2.05, 4.69) is 20.9 Å². The Kier molecular flexibility index (Phi) is 14.2. The Morgan fingerprint density at radius 1 is 1.00 bits per heavy atom. The summed E-state index contributed by atoms with van der Waals surface area (Å²) in [6.07, 6.45) is 2.14. The Morgan fingerprint density at radius 2 is 1.66 bits per heavy atom. The van der Waals surface area contributed by atoms with Gasteiger partial charge in [-0.15, -0.1) is 0 Å². The van der Waals surface area contributed by atoms with E-state index in [1.807, 2.05) is 0 Å². The first kappa shape index (κ1) is 28.9. The highest BCUT2D eigenvalue weighted by Crippen LogP contribution is 2.03. The van der Waals surface area contributed by atoms with Crippen LogP contribution in [0.5, 0.6) is 0 Å². The van der Waals surface area contributed by atoms with Gasteiger partial charge in [-0.05, 0) is 31.3 Å². The average molecular weight is 477 g/mol. The van der Waals surface area contributed by atoms with Gasteiger partial charge in [-0.25, -0.2) is 4.79 Å². The molecule has 12 N–H and O–H groups in total. The second-order valence-electron chi connectivity index (χ2n) is 6.74. The highest BCUT2D eigenvalue weighted by molar-refractivity contribution is 7.98. The maximum atomic E-state index is 12.4. The number of carbonyl (C=O) groups excluding carboxylic acids is 4. The van der Waals surface area contributed by atoms with Crippen LogP contribution >= 0.6 is 11.8 Å². The number of nitrogens with zero attached hydrogens (tertiary/aromatic N) is 1. The monoisotopic (exact) mass is 476 g/mol. The Labute approximate surface area is 189 Å². The number of thioether (sulfide) groups is 1. The summed E-state index contributed by atoms with van der Waals surface area (Å²) in [7, 11) is 0. The van der Waals surface area contributed by atoms with Gasteiger partial charge >= 0.3 is 5.97 Å². The molecule has 4 amide bonds. The molecule has 0 bridgehead atoms. The van der Waals surface area contributed by atoms with Gasteiger partial charge in [0.2, 0.25) is 23.6 Å². The molecule has 0 aliphatic heterocycles. The SMILES string of the molecule is CSCCC(NC(=O)CNC(=O)C(N)CCCN=C(N)N)C(=O)NC(CC(N)=O)C(=O)O. The minimum Gasteiger partial charge on any atom is -0.480 e. The van der Waals surface area contributed by atoms with Crippen molar-refractivity contribution in [1.82, 2.24) is 16.0 Å². The molecule has 0 aliphatic rings. The molecule has 0 aromatic heterocycles. The topological polar surface area (TPSA) is 258 Å². The van der Waals surface area contributed by atoms with Crippen molar-refractivity contribution in [3.05, 3.63) is 0 Å². The molecule has 0 saturated heterocycles. The Bertz CT molecular complexity index is 701. The lowest BCUT2D eigenvalue weighted by atomic mass is 10.1. The molecule has 0 saturated carbocycles. The molecule has 0 aromatic rings. The number of carboxylic acid groups (broad SMARTS) is 1. The van der Waals surface area contributed by atoms with Crippen LogP contribution in [0.1, 0.15) is 25.7 Å². The fourth-order valence-corrected chi connectivity index (χ4v) is 2.84. The van der Waals surface area contributed by atoms with Gasteiger partial charge in [0.1, 0.15) is 12.1 Å². The largest absolute Gasteiger partial charge is 0.480 e. The summed E-state index contributed by atoms with van der Waals surface area (Å²) in [5.74, 6) is -3.95. The fourth-order valence-electron chi connectivity index (χ4n) is 2.37. The predicted octanol–water partition coefficient (Wildman–Crippen LogP) is -3.83. The van der Waals surface area contributed by atoms with Gasteiger partial charge in [-0.3, -0.25) is 24.2 Å². The van der Waals surface area contributed by atoms with Gasteiger partial charge < -0.3 is 44.0 Å². The molecule has 15 heteroatoms. The summed E-state index contributed by atoms with van der Waals surface area (Å²) >= 11 is 1.41. The molecule has 14 nitrogen and oxygen atoms in total. The van der Waals surface area contributed by atoms with Crippen LogP contribution < -0.4 is 38.9 Å². The Morgan fingerprint density at radius 3 is 2.19 bits per heavy atom. The smallest absolute Gasteiger partial charge is 0.326 e. The summed E-state index contributed by atoms with van der Waals surface area (Å²) in [6.45, 7) is -0.129. The minimum absolute atomic E-state index is 0.0657. The number of carboxylic acids is 1. The van der Waals surface area contributed by atoms with Crippen LogP contribution in [0, 0.1) is 0 Å². The van der Waals surface area contributed by atoms with E-state index in [0.29, 0.717) is 25.1 Å². The number of aliphatic imine (C=N–C) groups is 1. The van der Waals surface area contributed by atoms with Gasteiger partial charge in [0.05, 0.1) is 19.0 Å². The van der Waals surface area contributed by atoms with Crippen molar-refractivity contribution in [2.24, 2.45) is 27.9 Å². The molecule has 0 radical (unpaired) electrons. The lowest BCUT2D eigenvalue weighted by Gasteiger charge is -2.21. The first-order valence-electron chi connectivity index (χ1n) is 9.66. The van der Waals surface area contributed by atoms with Crippen molar-refractivity contribution in [2.75, 3.05) is 25.1 Å². The summed E-state index contributed by atoms with van der Waals surface area (Å²) in [5.41, 5.74) is 21.1. The molecule has 0 spiro atoms. The third-order valence-corrected chi connectivity index (χ3v) is 4.65. The zero-order valence-corrected chi connectivity index (χ0v) is 18.7. The first-order chi connectivity index (χ1) is 15.0. The maximum Gasteiger partial charge on any atom is 0.326 e. The van der Waals surface area contributed by atoms with E-state index in [1.165, 1.54) is 11.8 Å². The van der Waals surface area contributed by atoms with E-state index < -0.39 is 60.7 Å². The number of nitrogens with one attached hydrogen (secondary N) is 3. The molecule has 0 aromatic carbocycles. The number of rotatable bonds is 16. The van der Waals surface area contributed by atoms with Crippen LogP contribution in [0.25, 0.3) is 0 Å². The molecule has 0 heterocycles. The van der Waals surface area contributed by atoms with Crippen molar-refractivity contribution in [3.8, 4) is 0 Å². The number of primary amides is 1. The molecular weight excluding hydrogens is 444 g/mol. The van der Waals surface area contributed by atoms with Crippen LogP contribution in [-0.2, 0) is 24.0 Å². The molecule has 182 valence electrons. The van der Waals surface area contributed by atoms with Crippen molar-refractivity contribution in [2.45, 2.75) is 43.8 Å². The highest BCUT2D eigenvalue weighted by Gasteiger charge is 2.27. The average Bonchev–Trinajstić information content (AvgIpc) is 2.70. The Balaban J connectivity index is 4.74. The number of aliphatic carboxylic acids is 1. The van der Waals surface area contributed by atoms with Crippen LogP contribution in [0.4, 0.5) is 0 Å². The number of nitrogens with two attached hydrogens (primary N) is 4. The highest BCUT2D eigenvalue weighted by atomic mass is 32.2. The van der Waals surface area contributed by atoms with E-state index >= 15 is 0 Å². The third-order valence-electron chi connectivity index (χ3n) is 4.01. The van der Waals surface area contributed by atoms with Crippen LogP contribution in [0.15, 0.2) is 4.99 Å². The van der Waals surface area contributed by atoms with E-state index in [-0.39, 0.29) is 12.4 Å². The van der Waals surface area contributed by atoms with E-state index in [4.69, 9.17) is 28.0 Å². The quantitative estimate of drug-likeness (QED) is 0.0611. The zero-order valence-electron chi connectivity index (χ0n) is 17.8. The predicted molar refractivity (Wildman–Crippen MR) is 119 cm³/mol. The summed E-state index contributed by atoms with van der Waals surface area (Å²) in [6, 6.07) is -3.47. The Hall–Kier alpha value is -3.07. The molecule has 3 atom stereocenters. The molecule has 3 unspecified atom stereocenters. The third kappa shape index (κ3) is 13.3. The molecule has 0 rings (SSSR count). The number of hydrogen-bond acceptors (Lipinski definition) is 8. The van der Waals surface area contributed by atoms with Gasteiger partial charge in [0.25, 0.3) is 0 Å². The van der Waals surface area contributed by atoms with Crippen LogP contribution in [-0.4, -0.2) is 83.9 Å².